The van der Waals surface area contributed by atoms with Gasteiger partial charge in [-0.25, -0.2) is 0 Å². The Kier molecular flexibility index (Phi) is 7.88. The fourth-order valence-electron chi connectivity index (χ4n) is 3.19. The number of anilines is 2. The predicted molar refractivity (Wildman–Crippen MR) is 126 cm³/mol. The number of ether oxygens (including phenoxy) is 1. The third kappa shape index (κ3) is 6.10. The lowest BCUT2D eigenvalue weighted by molar-refractivity contribution is -0.116. The molecule has 168 valence electrons. The van der Waals surface area contributed by atoms with Gasteiger partial charge in [-0.3, -0.25) is 9.59 Å². The molecule has 0 radical (unpaired) electrons. The predicted octanol–water partition coefficient (Wildman–Crippen LogP) is 3.84. The van der Waals surface area contributed by atoms with Gasteiger partial charge in [-0.05, 0) is 44.5 Å². The maximum atomic E-state index is 12.5. The lowest BCUT2D eigenvalue weighted by Crippen LogP contribution is -2.18. The van der Waals surface area contributed by atoms with E-state index in [1.54, 1.807) is 25.3 Å². The smallest absolute Gasteiger partial charge is 0.234 e. The normalized spacial score (nSPS) is 10.6. The molecule has 1 aromatic heterocycles. The SMILES string of the molecule is CCn1c(CC(=O)Nc2cccc(OC)c2)nnc1SCC(=O)Nc1ccc(C)cc1C. The molecule has 3 rings (SSSR count). The van der Waals surface area contributed by atoms with Gasteiger partial charge in [0.1, 0.15) is 11.6 Å². The molecule has 0 saturated heterocycles. The molecular formula is C23H27N5O3S. The van der Waals surface area contributed by atoms with Crippen LogP contribution in [0.2, 0.25) is 0 Å². The van der Waals surface area contributed by atoms with Crippen LogP contribution in [0.4, 0.5) is 11.4 Å². The quantitative estimate of drug-likeness (QED) is 0.478. The van der Waals surface area contributed by atoms with Gasteiger partial charge >= 0.3 is 0 Å². The molecule has 0 aliphatic rings. The highest BCUT2D eigenvalue weighted by Gasteiger charge is 2.16. The van der Waals surface area contributed by atoms with Crippen molar-refractivity contribution in [2.45, 2.75) is 38.9 Å². The third-order valence-electron chi connectivity index (χ3n) is 4.77. The molecule has 0 fully saturated rings. The lowest BCUT2D eigenvalue weighted by atomic mass is 10.1. The Morgan fingerprint density at radius 1 is 1.06 bits per heavy atom. The third-order valence-corrected chi connectivity index (χ3v) is 5.74. The van der Waals surface area contributed by atoms with E-state index in [9.17, 15) is 9.59 Å². The van der Waals surface area contributed by atoms with Crippen LogP contribution in [0.15, 0.2) is 47.6 Å². The fraction of sp³-hybridized carbons (Fsp3) is 0.304. The van der Waals surface area contributed by atoms with Crippen LogP contribution in [-0.4, -0.2) is 39.4 Å². The zero-order valence-electron chi connectivity index (χ0n) is 18.6. The van der Waals surface area contributed by atoms with Crippen LogP contribution in [0.25, 0.3) is 0 Å². The minimum absolute atomic E-state index is 0.0768. The van der Waals surface area contributed by atoms with E-state index >= 15 is 0 Å². The summed E-state index contributed by atoms with van der Waals surface area (Å²) in [5.74, 6) is 1.08. The highest BCUT2D eigenvalue weighted by atomic mass is 32.2. The van der Waals surface area contributed by atoms with E-state index in [-0.39, 0.29) is 24.0 Å². The number of rotatable bonds is 9. The summed E-state index contributed by atoms with van der Waals surface area (Å²) in [4.78, 5) is 24.9. The minimum Gasteiger partial charge on any atom is -0.497 e. The Bertz CT molecular complexity index is 1110. The van der Waals surface area contributed by atoms with Gasteiger partial charge in [0, 0.05) is 24.0 Å². The van der Waals surface area contributed by atoms with E-state index in [2.05, 4.69) is 20.8 Å². The Morgan fingerprint density at radius 2 is 1.88 bits per heavy atom. The first kappa shape index (κ1) is 23.3. The highest BCUT2D eigenvalue weighted by Crippen LogP contribution is 2.21. The maximum Gasteiger partial charge on any atom is 0.234 e. The van der Waals surface area contributed by atoms with Crippen molar-refractivity contribution in [1.82, 2.24) is 14.8 Å². The molecule has 32 heavy (non-hydrogen) atoms. The molecule has 0 saturated carbocycles. The van der Waals surface area contributed by atoms with Crippen molar-refractivity contribution >= 4 is 35.0 Å². The second-order valence-electron chi connectivity index (χ2n) is 7.26. The number of nitrogens with zero attached hydrogens (tertiary/aromatic N) is 3. The Morgan fingerprint density at radius 3 is 2.59 bits per heavy atom. The van der Waals surface area contributed by atoms with Crippen LogP contribution >= 0.6 is 11.8 Å². The molecule has 9 heteroatoms. The van der Waals surface area contributed by atoms with Crippen LogP contribution in [0, 0.1) is 13.8 Å². The topological polar surface area (TPSA) is 98.1 Å². The monoisotopic (exact) mass is 453 g/mol. The molecule has 1 heterocycles. The average Bonchev–Trinajstić information content (AvgIpc) is 3.15. The van der Waals surface area contributed by atoms with Gasteiger partial charge in [0.2, 0.25) is 11.8 Å². The number of carbonyl (C=O) groups excluding carboxylic acids is 2. The van der Waals surface area contributed by atoms with Crippen molar-refractivity contribution in [3.63, 3.8) is 0 Å². The molecule has 0 aliphatic carbocycles. The van der Waals surface area contributed by atoms with Gasteiger partial charge in [-0.1, -0.05) is 35.5 Å². The first-order valence-electron chi connectivity index (χ1n) is 10.3. The highest BCUT2D eigenvalue weighted by molar-refractivity contribution is 7.99. The van der Waals surface area contributed by atoms with Gasteiger partial charge in [0.05, 0.1) is 19.3 Å². The number of carbonyl (C=O) groups is 2. The standard InChI is InChI=1S/C23H27N5O3S/c1-5-28-20(13-21(29)24-17-7-6-8-18(12-17)31-4)26-27-23(28)32-14-22(30)25-19-10-9-15(2)11-16(19)3/h6-12H,5,13-14H2,1-4H3,(H,24,29)(H,25,30). The van der Waals surface area contributed by atoms with Gasteiger partial charge < -0.3 is 19.9 Å². The molecular weight excluding hydrogens is 426 g/mol. The van der Waals surface area contributed by atoms with Crippen molar-refractivity contribution in [3.8, 4) is 5.75 Å². The summed E-state index contributed by atoms with van der Waals surface area (Å²) < 4.78 is 7.02. The maximum absolute atomic E-state index is 12.5. The molecule has 0 spiro atoms. The number of nitrogens with one attached hydrogen (secondary N) is 2. The Balaban J connectivity index is 1.59. The number of benzene rings is 2. The number of methoxy groups -OCH3 is 1. The molecule has 8 nitrogen and oxygen atoms in total. The molecule has 0 unspecified atom stereocenters. The summed E-state index contributed by atoms with van der Waals surface area (Å²) in [5, 5.41) is 14.7. The van der Waals surface area contributed by atoms with E-state index in [1.165, 1.54) is 11.8 Å². The van der Waals surface area contributed by atoms with E-state index in [0.29, 0.717) is 29.0 Å². The second kappa shape index (κ2) is 10.8. The van der Waals surface area contributed by atoms with E-state index in [4.69, 9.17) is 4.74 Å². The number of thioether (sulfide) groups is 1. The summed E-state index contributed by atoms with van der Waals surface area (Å²) in [7, 11) is 1.58. The molecule has 2 N–H and O–H groups in total. The molecule has 0 bridgehead atoms. The largest absolute Gasteiger partial charge is 0.497 e. The van der Waals surface area contributed by atoms with Crippen LogP contribution in [-0.2, 0) is 22.6 Å². The van der Waals surface area contributed by atoms with Crippen LogP contribution in [0.3, 0.4) is 0 Å². The zero-order chi connectivity index (χ0) is 23.1. The first-order valence-corrected chi connectivity index (χ1v) is 11.2. The van der Waals surface area contributed by atoms with Crippen molar-refractivity contribution in [2.24, 2.45) is 0 Å². The van der Waals surface area contributed by atoms with Crippen molar-refractivity contribution in [2.75, 3.05) is 23.5 Å². The van der Waals surface area contributed by atoms with E-state index < -0.39 is 0 Å². The average molecular weight is 454 g/mol. The van der Waals surface area contributed by atoms with E-state index in [1.807, 2.05) is 49.6 Å². The number of amides is 2. The van der Waals surface area contributed by atoms with Gasteiger partial charge in [-0.15, -0.1) is 10.2 Å². The number of hydrogen-bond acceptors (Lipinski definition) is 6. The fourth-order valence-corrected chi connectivity index (χ4v) is 4.02. The van der Waals surface area contributed by atoms with Crippen molar-refractivity contribution in [3.05, 3.63) is 59.4 Å². The lowest BCUT2D eigenvalue weighted by Gasteiger charge is -2.10. The summed E-state index contributed by atoms with van der Waals surface area (Å²) >= 11 is 1.29. The van der Waals surface area contributed by atoms with Gasteiger partial charge in [-0.2, -0.15) is 0 Å². The van der Waals surface area contributed by atoms with Crippen LogP contribution in [0.1, 0.15) is 23.9 Å². The molecule has 3 aromatic rings. The molecule has 2 amide bonds. The summed E-state index contributed by atoms with van der Waals surface area (Å²) in [6, 6.07) is 13.1. The molecule has 0 aliphatic heterocycles. The summed E-state index contributed by atoms with van der Waals surface area (Å²) in [6.45, 7) is 6.52. The zero-order valence-corrected chi connectivity index (χ0v) is 19.5. The summed E-state index contributed by atoms with van der Waals surface area (Å²) in [5.41, 5.74) is 3.61. The van der Waals surface area contributed by atoms with Crippen LogP contribution in [0.5, 0.6) is 5.75 Å². The Hall–Kier alpha value is -3.33. The minimum atomic E-state index is -0.204. The second-order valence-corrected chi connectivity index (χ2v) is 8.20. The summed E-state index contributed by atoms with van der Waals surface area (Å²) in [6.07, 6.45) is 0.0768. The molecule has 2 aromatic carbocycles. The van der Waals surface area contributed by atoms with Gasteiger partial charge in [0.15, 0.2) is 5.16 Å². The number of aromatic nitrogens is 3. The number of aryl methyl sites for hydroxylation is 2. The number of hydrogen-bond donors (Lipinski definition) is 2. The molecule has 0 atom stereocenters. The van der Waals surface area contributed by atoms with Crippen molar-refractivity contribution in [1.29, 1.82) is 0 Å². The van der Waals surface area contributed by atoms with Gasteiger partial charge in [0.25, 0.3) is 0 Å². The van der Waals surface area contributed by atoms with E-state index in [0.717, 1.165) is 16.8 Å². The first-order chi connectivity index (χ1) is 15.4. The van der Waals surface area contributed by atoms with Crippen LogP contribution < -0.4 is 15.4 Å². The Labute approximate surface area is 191 Å². The van der Waals surface area contributed by atoms with Crippen molar-refractivity contribution < 1.29 is 14.3 Å².